The lowest BCUT2D eigenvalue weighted by molar-refractivity contribution is 0.0636. The third-order valence-corrected chi connectivity index (χ3v) is 5.60. The van der Waals surface area contributed by atoms with E-state index in [9.17, 15) is 9.59 Å². The van der Waals surface area contributed by atoms with Crippen molar-refractivity contribution in [2.45, 2.75) is 39.2 Å². The fraction of sp³-hybridized carbons (Fsp3) is 0.304. The number of hydrogen-bond acceptors (Lipinski definition) is 5. The number of benzene rings is 1. The third-order valence-electron chi connectivity index (χ3n) is 5.60. The molecule has 0 aliphatic carbocycles. The molecule has 3 heterocycles. The highest BCUT2D eigenvalue weighted by Crippen LogP contribution is 2.31. The topological polar surface area (TPSA) is 101 Å². The van der Waals surface area contributed by atoms with Gasteiger partial charge in [0, 0.05) is 41.1 Å². The number of aryl methyl sites for hydroxylation is 1. The summed E-state index contributed by atoms with van der Waals surface area (Å²) in [6.07, 6.45) is 4.76. The molecule has 0 bridgehead atoms. The van der Waals surface area contributed by atoms with Crippen LogP contribution in [0.4, 0.5) is 11.4 Å². The van der Waals surface area contributed by atoms with Crippen molar-refractivity contribution in [1.82, 2.24) is 14.9 Å². The van der Waals surface area contributed by atoms with Gasteiger partial charge in [-0.3, -0.25) is 9.59 Å². The van der Waals surface area contributed by atoms with Crippen LogP contribution in [-0.4, -0.2) is 39.3 Å². The Morgan fingerprint density at radius 1 is 1.13 bits per heavy atom. The monoisotopic (exact) mass is 439 g/mol. The first-order valence-electron chi connectivity index (χ1n) is 10.2. The number of nitrogens with two attached hydrogens (primary N) is 1. The van der Waals surface area contributed by atoms with E-state index in [0.717, 1.165) is 42.6 Å². The lowest BCUT2D eigenvalue weighted by atomic mass is 10.0. The summed E-state index contributed by atoms with van der Waals surface area (Å²) in [5, 5.41) is 4.13. The summed E-state index contributed by atoms with van der Waals surface area (Å²) in [4.78, 5) is 35.7. The van der Waals surface area contributed by atoms with Crippen molar-refractivity contribution in [2.24, 2.45) is 5.73 Å². The molecule has 162 valence electrons. The highest BCUT2D eigenvalue weighted by atomic mass is 35.5. The van der Waals surface area contributed by atoms with Gasteiger partial charge in [-0.1, -0.05) is 0 Å². The Balaban J connectivity index is 0.00000272. The number of likely N-dealkylation sites (tertiary alicyclic amines) is 1. The average Bonchev–Trinajstić information content (AvgIpc) is 2.74. The number of primary amides is 1. The van der Waals surface area contributed by atoms with E-state index in [2.05, 4.69) is 22.2 Å². The quantitative estimate of drug-likeness (QED) is 0.633. The highest BCUT2D eigenvalue weighted by Gasteiger charge is 2.27. The SMILES string of the molecule is Cc1ccc2c(Nc3ccc(C(N)=O)cc3)c(C(=O)N3CCCCC3C)cnc2n1.Cl. The Bertz CT molecular complexity index is 1120. The molecular formula is C23H26ClN5O2. The van der Waals surface area contributed by atoms with Crippen LogP contribution < -0.4 is 11.1 Å². The third kappa shape index (κ3) is 4.61. The van der Waals surface area contributed by atoms with Crippen LogP contribution in [0.1, 0.15) is 52.6 Å². The van der Waals surface area contributed by atoms with E-state index >= 15 is 0 Å². The standard InChI is InChI=1S/C23H25N5O2.ClH/c1-14-6-11-18-20(27-17-9-7-16(8-10-17)21(24)29)19(13-25-22(18)26-14)23(30)28-12-4-3-5-15(28)2;/h6-11,13,15H,3-5,12H2,1-2H3,(H2,24,29)(H,25,26,27);1H. The van der Waals surface area contributed by atoms with Gasteiger partial charge in [0.1, 0.15) is 0 Å². The van der Waals surface area contributed by atoms with Crippen molar-refractivity contribution in [2.75, 3.05) is 11.9 Å². The van der Waals surface area contributed by atoms with Gasteiger partial charge in [0.05, 0.1) is 11.3 Å². The number of pyridine rings is 2. The van der Waals surface area contributed by atoms with Crippen molar-refractivity contribution < 1.29 is 9.59 Å². The molecule has 4 rings (SSSR count). The fourth-order valence-corrected chi connectivity index (χ4v) is 3.89. The van der Waals surface area contributed by atoms with Gasteiger partial charge in [0.2, 0.25) is 5.91 Å². The van der Waals surface area contributed by atoms with Crippen LogP contribution in [0.25, 0.3) is 11.0 Å². The number of amides is 2. The van der Waals surface area contributed by atoms with Gasteiger partial charge >= 0.3 is 0 Å². The minimum absolute atomic E-state index is 0. The zero-order valence-electron chi connectivity index (χ0n) is 17.6. The summed E-state index contributed by atoms with van der Waals surface area (Å²) in [6.45, 7) is 4.74. The molecule has 31 heavy (non-hydrogen) atoms. The smallest absolute Gasteiger partial charge is 0.257 e. The number of nitrogens with zero attached hydrogens (tertiary/aromatic N) is 3. The normalized spacial score (nSPS) is 15.9. The van der Waals surface area contributed by atoms with Crippen molar-refractivity contribution in [3.63, 3.8) is 0 Å². The van der Waals surface area contributed by atoms with E-state index in [-0.39, 0.29) is 24.4 Å². The summed E-state index contributed by atoms with van der Waals surface area (Å²) >= 11 is 0. The van der Waals surface area contributed by atoms with E-state index in [1.165, 1.54) is 0 Å². The zero-order chi connectivity index (χ0) is 21.3. The second-order valence-corrected chi connectivity index (χ2v) is 7.78. The molecule has 0 spiro atoms. The van der Waals surface area contributed by atoms with Crippen molar-refractivity contribution >= 4 is 46.6 Å². The molecule has 1 aliphatic rings. The van der Waals surface area contributed by atoms with Crippen molar-refractivity contribution in [1.29, 1.82) is 0 Å². The first-order valence-corrected chi connectivity index (χ1v) is 10.2. The molecule has 1 aromatic carbocycles. The van der Waals surface area contributed by atoms with Gasteiger partial charge in [0.15, 0.2) is 5.65 Å². The molecule has 0 radical (unpaired) electrons. The van der Waals surface area contributed by atoms with Gasteiger partial charge in [0.25, 0.3) is 5.91 Å². The molecule has 0 saturated carbocycles. The van der Waals surface area contributed by atoms with E-state index in [0.29, 0.717) is 22.5 Å². The number of nitrogens with one attached hydrogen (secondary N) is 1. The predicted molar refractivity (Wildman–Crippen MR) is 124 cm³/mol. The molecule has 2 aromatic heterocycles. The summed E-state index contributed by atoms with van der Waals surface area (Å²) < 4.78 is 0. The molecule has 1 unspecified atom stereocenters. The van der Waals surface area contributed by atoms with Gasteiger partial charge in [-0.25, -0.2) is 9.97 Å². The minimum Gasteiger partial charge on any atom is -0.366 e. The van der Waals surface area contributed by atoms with Gasteiger partial charge in [-0.2, -0.15) is 0 Å². The Hall–Kier alpha value is -3.19. The first kappa shape index (κ1) is 22.5. The predicted octanol–water partition coefficient (Wildman–Crippen LogP) is 4.22. The summed E-state index contributed by atoms with van der Waals surface area (Å²) in [5.74, 6) is -0.515. The van der Waals surface area contributed by atoms with Crippen molar-refractivity contribution in [3.05, 3.63) is 59.4 Å². The second-order valence-electron chi connectivity index (χ2n) is 7.78. The van der Waals surface area contributed by atoms with Crippen LogP contribution in [0.3, 0.4) is 0 Å². The van der Waals surface area contributed by atoms with Crippen LogP contribution in [0.2, 0.25) is 0 Å². The second kappa shape index (κ2) is 9.31. The molecule has 1 fully saturated rings. The Labute approximate surface area is 187 Å². The van der Waals surface area contributed by atoms with Crippen LogP contribution in [0, 0.1) is 6.92 Å². The lowest BCUT2D eigenvalue weighted by Gasteiger charge is -2.34. The first-order chi connectivity index (χ1) is 14.4. The van der Waals surface area contributed by atoms with E-state index < -0.39 is 5.91 Å². The molecular weight excluding hydrogens is 414 g/mol. The highest BCUT2D eigenvalue weighted by molar-refractivity contribution is 6.07. The average molecular weight is 440 g/mol. The maximum atomic E-state index is 13.4. The van der Waals surface area contributed by atoms with E-state index in [1.54, 1.807) is 30.5 Å². The minimum atomic E-state index is -0.481. The maximum absolute atomic E-state index is 13.4. The number of halogens is 1. The summed E-state index contributed by atoms with van der Waals surface area (Å²) in [5.41, 5.74) is 9.13. The number of rotatable bonds is 4. The van der Waals surface area contributed by atoms with Crippen LogP contribution in [-0.2, 0) is 0 Å². The number of anilines is 2. The van der Waals surface area contributed by atoms with Crippen LogP contribution >= 0.6 is 12.4 Å². The Morgan fingerprint density at radius 3 is 2.55 bits per heavy atom. The molecule has 1 atom stereocenters. The Kier molecular flexibility index (Phi) is 6.75. The molecule has 2 amide bonds. The number of carbonyl (C=O) groups is 2. The van der Waals surface area contributed by atoms with Crippen LogP contribution in [0.15, 0.2) is 42.6 Å². The number of fused-ring (bicyclic) bond motifs is 1. The van der Waals surface area contributed by atoms with Gasteiger partial charge < -0.3 is 16.0 Å². The van der Waals surface area contributed by atoms with Crippen LogP contribution in [0.5, 0.6) is 0 Å². The summed E-state index contributed by atoms with van der Waals surface area (Å²) in [7, 11) is 0. The molecule has 1 aliphatic heterocycles. The summed E-state index contributed by atoms with van der Waals surface area (Å²) in [6, 6.07) is 10.9. The van der Waals surface area contributed by atoms with Gasteiger partial charge in [-0.05, 0) is 69.5 Å². The fourth-order valence-electron chi connectivity index (χ4n) is 3.89. The molecule has 3 aromatic rings. The lowest BCUT2D eigenvalue weighted by Crippen LogP contribution is -2.42. The molecule has 1 saturated heterocycles. The number of aromatic nitrogens is 2. The largest absolute Gasteiger partial charge is 0.366 e. The number of hydrogen-bond donors (Lipinski definition) is 2. The van der Waals surface area contributed by atoms with Crippen molar-refractivity contribution in [3.8, 4) is 0 Å². The van der Waals surface area contributed by atoms with E-state index in [4.69, 9.17) is 5.73 Å². The molecule has 7 nitrogen and oxygen atoms in total. The van der Waals surface area contributed by atoms with Gasteiger partial charge in [-0.15, -0.1) is 12.4 Å². The number of carbonyl (C=O) groups excluding carboxylic acids is 2. The molecule has 3 N–H and O–H groups in total. The molecule has 8 heteroatoms. The Morgan fingerprint density at radius 2 is 1.87 bits per heavy atom. The maximum Gasteiger partial charge on any atom is 0.257 e. The van der Waals surface area contributed by atoms with E-state index in [1.807, 2.05) is 24.0 Å². The number of piperidine rings is 1. The zero-order valence-corrected chi connectivity index (χ0v) is 18.4.